The molecule has 40 heavy (non-hydrogen) atoms. The van der Waals surface area contributed by atoms with Gasteiger partial charge in [0.05, 0.1) is 17.4 Å². The molecule has 1 atom stereocenters. The molecule has 3 heterocycles. The van der Waals surface area contributed by atoms with Gasteiger partial charge in [0.2, 0.25) is 11.8 Å². The number of rotatable bonds is 7. The second kappa shape index (κ2) is 10.2. The van der Waals surface area contributed by atoms with Crippen LogP contribution in [0, 0.1) is 0 Å². The number of carbonyl (C=O) groups is 2. The van der Waals surface area contributed by atoms with Crippen LogP contribution in [0.3, 0.4) is 0 Å². The third-order valence-electron chi connectivity index (χ3n) is 6.61. The molecule has 1 N–H and O–H groups in total. The lowest BCUT2D eigenvalue weighted by Gasteiger charge is -2.22. The number of para-hydroxylation sites is 3. The number of oxazole rings is 1. The zero-order valence-electron chi connectivity index (χ0n) is 21.2. The number of carbonyl (C=O) groups excluding carboxylic acids is 2. The molecule has 1 aliphatic rings. The highest BCUT2D eigenvalue weighted by Crippen LogP contribution is 2.30. The maximum atomic E-state index is 13.6. The summed E-state index contributed by atoms with van der Waals surface area (Å²) in [5, 5.41) is 18.9. The summed E-state index contributed by atoms with van der Waals surface area (Å²) in [6, 6.07) is 22.5. The van der Waals surface area contributed by atoms with Crippen LogP contribution in [0.4, 0.5) is 11.4 Å². The lowest BCUT2D eigenvalue weighted by atomic mass is 10.1. The molecule has 200 valence electrons. The average Bonchev–Trinajstić information content (AvgIpc) is 3.60. The first kappa shape index (κ1) is 25.2. The highest BCUT2D eigenvalue weighted by atomic mass is 32.1. The highest BCUT2D eigenvalue weighted by molar-refractivity contribution is 7.80. The Hall–Kier alpha value is -5.10. The standard InChI is InChI=1S/C28H22N6O5S/c1-32-22(27(37)39-31-32)16-33-21(26(36)34(28(33)40)19-7-3-2-4-8-19)15-24(35)29-18-13-11-17(12-14-18)25-30-20-9-5-6-10-23(20)38-25/h2-14,21H,15-16H2,1H3,(H-,29,30,31,35,37). The molecule has 2 aromatic heterocycles. The Balaban J connectivity index is 1.21. The van der Waals surface area contributed by atoms with E-state index in [0.717, 1.165) is 11.1 Å². The number of nitrogens with one attached hydrogen (secondary N) is 1. The largest absolute Gasteiger partial charge is 0.539 e. The molecule has 1 fully saturated rings. The molecule has 0 spiro atoms. The number of fused-ring (bicyclic) bond motifs is 1. The van der Waals surface area contributed by atoms with Crippen molar-refractivity contribution in [3.05, 3.63) is 84.6 Å². The Kier molecular flexibility index (Phi) is 6.44. The number of aryl methyl sites for hydroxylation is 1. The molecular weight excluding hydrogens is 532 g/mol. The SMILES string of the molecule is C[n+]1noc([O-])c1CN1C(=S)N(c2ccccc2)C(=O)C1CC(=O)Nc1ccc(-c2nc3ccccc3o2)cc1. The first-order valence-corrected chi connectivity index (χ1v) is 12.8. The van der Waals surface area contributed by atoms with E-state index in [4.69, 9.17) is 21.2 Å². The van der Waals surface area contributed by atoms with E-state index in [1.54, 1.807) is 60.5 Å². The molecule has 0 aliphatic carbocycles. The van der Waals surface area contributed by atoms with E-state index in [1.165, 1.54) is 9.58 Å². The fourth-order valence-electron chi connectivity index (χ4n) is 4.57. The molecule has 1 unspecified atom stereocenters. The van der Waals surface area contributed by atoms with Gasteiger partial charge in [0.25, 0.3) is 11.6 Å². The lowest BCUT2D eigenvalue weighted by molar-refractivity contribution is -0.746. The second-order valence-corrected chi connectivity index (χ2v) is 9.55. The summed E-state index contributed by atoms with van der Waals surface area (Å²) >= 11 is 5.65. The van der Waals surface area contributed by atoms with E-state index in [9.17, 15) is 14.7 Å². The Bertz CT molecular complexity index is 1680. The quantitative estimate of drug-likeness (QED) is 0.238. The Labute approximate surface area is 233 Å². The number of amides is 2. The van der Waals surface area contributed by atoms with Crippen molar-refractivity contribution in [2.24, 2.45) is 7.05 Å². The Morgan fingerprint density at radius 3 is 2.50 bits per heavy atom. The number of hydrogen-bond donors (Lipinski definition) is 1. The van der Waals surface area contributed by atoms with Gasteiger partial charge in [-0.15, -0.1) is 0 Å². The molecule has 2 amide bonds. The zero-order valence-corrected chi connectivity index (χ0v) is 22.0. The van der Waals surface area contributed by atoms with E-state index in [1.807, 2.05) is 30.3 Å². The number of anilines is 2. The van der Waals surface area contributed by atoms with Gasteiger partial charge in [0, 0.05) is 11.3 Å². The third-order valence-corrected chi connectivity index (χ3v) is 7.03. The minimum absolute atomic E-state index is 0.0517. The van der Waals surface area contributed by atoms with Gasteiger partial charge in [0.15, 0.2) is 23.7 Å². The summed E-state index contributed by atoms with van der Waals surface area (Å²) in [7, 11) is 1.56. The van der Waals surface area contributed by atoms with Crippen LogP contribution in [0.5, 0.6) is 5.95 Å². The molecule has 6 rings (SSSR count). The minimum Gasteiger partial charge on any atom is -0.539 e. The number of nitrogens with zero attached hydrogens (tertiary/aromatic N) is 5. The monoisotopic (exact) mass is 554 g/mol. The van der Waals surface area contributed by atoms with E-state index in [2.05, 4.69) is 15.6 Å². The van der Waals surface area contributed by atoms with Gasteiger partial charge >= 0.3 is 0 Å². The van der Waals surface area contributed by atoms with Crippen LogP contribution in [-0.4, -0.2) is 38.1 Å². The van der Waals surface area contributed by atoms with E-state index < -0.39 is 17.9 Å². The first-order valence-electron chi connectivity index (χ1n) is 12.4. The predicted octanol–water partition coefficient (Wildman–Crippen LogP) is 2.91. The molecule has 5 aromatic rings. The third kappa shape index (κ3) is 4.64. The van der Waals surface area contributed by atoms with Crippen molar-refractivity contribution < 1.29 is 28.3 Å². The van der Waals surface area contributed by atoms with Crippen molar-refractivity contribution >= 4 is 51.6 Å². The molecular formula is C28H22N6O5S. The van der Waals surface area contributed by atoms with Crippen molar-refractivity contribution in [2.75, 3.05) is 10.2 Å². The van der Waals surface area contributed by atoms with Crippen LogP contribution < -0.4 is 20.0 Å². The first-order chi connectivity index (χ1) is 19.4. The number of hydrogen-bond acceptors (Lipinski definition) is 8. The van der Waals surface area contributed by atoms with Crippen LogP contribution in [0.2, 0.25) is 0 Å². The minimum atomic E-state index is -0.943. The molecule has 3 aromatic carbocycles. The smallest absolute Gasteiger partial charge is 0.256 e. The van der Waals surface area contributed by atoms with Crippen molar-refractivity contribution in [1.82, 2.24) is 15.2 Å². The summed E-state index contributed by atoms with van der Waals surface area (Å²) < 4.78 is 11.8. The van der Waals surface area contributed by atoms with E-state index >= 15 is 0 Å². The lowest BCUT2D eigenvalue weighted by Crippen LogP contribution is -2.42. The Morgan fingerprint density at radius 2 is 1.80 bits per heavy atom. The van der Waals surface area contributed by atoms with Crippen LogP contribution in [0.1, 0.15) is 12.1 Å². The predicted molar refractivity (Wildman–Crippen MR) is 146 cm³/mol. The van der Waals surface area contributed by atoms with Gasteiger partial charge in [-0.3, -0.25) is 14.5 Å². The van der Waals surface area contributed by atoms with Crippen molar-refractivity contribution in [3.8, 4) is 17.4 Å². The van der Waals surface area contributed by atoms with Crippen molar-refractivity contribution in [3.63, 3.8) is 0 Å². The molecule has 1 aliphatic heterocycles. The highest BCUT2D eigenvalue weighted by Gasteiger charge is 2.45. The van der Waals surface area contributed by atoms with Gasteiger partial charge < -0.3 is 24.3 Å². The van der Waals surface area contributed by atoms with Gasteiger partial charge in [-0.25, -0.2) is 4.98 Å². The van der Waals surface area contributed by atoms with Gasteiger partial charge in [0.1, 0.15) is 18.1 Å². The molecule has 1 saturated heterocycles. The van der Waals surface area contributed by atoms with Gasteiger partial charge in [-0.2, -0.15) is 0 Å². The molecule has 0 saturated carbocycles. The van der Waals surface area contributed by atoms with Gasteiger partial charge in [-0.05, 0) is 60.7 Å². The maximum absolute atomic E-state index is 13.6. The van der Waals surface area contributed by atoms with Crippen LogP contribution in [0.15, 0.2) is 87.8 Å². The second-order valence-electron chi connectivity index (χ2n) is 9.18. The summed E-state index contributed by atoms with van der Waals surface area (Å²) in [4.78, 5) is 34.1. The number of aromatic nitrogens is 3. The zero-order chi connectivity index (χ0) is 27.8. The summed E-state index contributed by atoms with van der Waals surface area (Å²) in [6.45, 7) is -0.0517. The van der Waals surface area contributed by atoms with Crippen molar-refractivity contribution in [1.29, 1.82) is 0 Å². The molecule has 12 heteroatoms. The van der Waals surface area contributed by atoms with Crippen LogP contribution >= 0.6 is 12.2 Å². The molecule has 0 bridgehead atoms. The fourth-order valence-corrected chi connectivity index (χ4v) is 4.96. The van der Waals surface area contributed by atoms with E-state index in [-0.39, 0.29) is 29.7 Å². The summed E-state index contributed by atoms with van der Waals surface area (Å²) in [5.41, 5.74) is 3.50. The normalized spacial score (nSPS) is 15.3. The van der Waals surface area contributed by atoms with Crippen LogP contribution in [-0.2, 0) is 23.2 Å². The Morgan fingerprint density at radius 1 is 1.07 bits per heavy atom. The average molecular weight is 555 g/mol. The topological polar surface area (TPSA) is 132 Å². The van der Waals surface area contributed by atoms with Crippen LogP contribution in [0.25, 0.3) is 22.6 Å². The summed E-state index contributed by atoms with van der Waals surface area (Å²) in [6.07, 6.45) is -0.196. The van der Waals surface area contributed by atoms with Crippen molar-refractivity contribution in [2.45, 2.75) is 19.0 Å². The maximum Gasteiger partial charge on any atom is 0.256 e. The summed E-state index contributed by atoms with van der Waals surface area (Å²) in [5.74, 6) is -0.935. The van der Waals surface area contributed by atoms with E-state index in [0.29, 0.717) is 22.8 Å². The number of thiocarbonyl (C=S) groups is 1. The van der Waals surface area contributed by atoms with Gasteiger partial charge in [-0.1, -0.05) is 35.0 Å². The molecule has 11 nitrogen and oxygen atoms in total. The number of benzene rings is 3. The fraction of sp³-hybridized carbons (Fsp3) is 0.143. The molecule has 0 radical (unpaired) electrons.